The van der Waals surface area contributed by atoms with Crippen molar-refractivity contribution in [2.75, 3.05) is 6.54 Å². The van der Waals surface area contributed by atoms with Gasteiger partial charge < -0.3 is 15.3 Å². The molecule has 4 atom stereocenters. The first-order valence-electron chi connectivity index (χ1n) is 8.45. The van der Waals surface area contributed by atoms with E-state index in [9.17, 15) is 9.59 Å². The minimum Gasteiger partial charge on any atom is -0.481 e. The maximum atomic E-state index is 12.6. The fraction of sp³-hybridized carbons (Fsp3) is 0.875. The van der Waals surface area contributed by atoms with E-state index < -0.39 is 5.97 Å². The Labute approximate surface area is 126 Å². The molecule has 1 aliphatic heterocycles. The number of aliphatic carboxylic acids is 1. The third-order valence-electron chi connectivity index (χ3n) is 5.61. The molecular formula is C16H26N2O3. The number of nitrogens with zero attached hydrogens (tertiary/aromatic N) is 1. The summed E-state index contributed by atoms with van der Waals surface area (Å²) < 4.78 is 0. The van der Waals surface area contributed by atoms with Gasteiger partial charge >= 0.3 is 12.0 Å². The molecule has 1 saturated heterocycles. The van der Waals surface area contributed by atoms with E-state index in [1.165, 1.54) is 25.7 Å². The third kappa shape index (κ3) is 3.16. The molecule has 5 nitrogen and oxygen atoms in total. The molecule has 0 spiro atoms. The lowest BCUT2D eigenvalue weighted by Crippen LogP contribution is -2.54. The van der Waals surface area contributed by atoms with Crippen LogP contribution >= 0.6 is 0 Å². The van der Waals surface area contributed by atoms with Crippen LogP contribution in [0.25, 0.3) is 0 Å². The Morgan fingerprint density at radius 3 is 2.52 bits per heavy atom. The van der Waals surface area contributed by atoms with Crippen LogP contribution in [0, 0.1) is 11.8 Å². The van der Waals surface area contributed by atoms with Crippen LogP contribution in [0.2, 0.25) is 0 Å². The van der Waals surface area contributed by atoms with Gasteiger partial charge in [0, 0.05) is 18.6 Å². The molecule has 5 heteroatoms. The van der Waals surface area contributed by atoms with Crippen LogP contribution in [0.15, 0.2) is 0 Å². The van der Waals surface area contributed by atoms with Gasteiger partial charge in [0.15, 0.2) is 0 Å². The standard InChI is InChI=1S/C16H26N2O3/c19-15(20)12-7-8-13(10-12)17-16(21)18-9-3-5-11-4-1-2-6-14(11)18/h11-14H,1-10H2,(H,17,21)(H,19,20). The summed E-state index contributed by atoms with van der Waals surface area (Å²) in [6, 6.07) is 0.509. The Balaban J connectivity index is 1.56. The molecule has 0 bridgehead atoms. The van der Waals surface area contributed by atoms with Crippen molar-refractivity contribution in [1.29, 1.82) is 0 Å². The van der Waals surface area contributed by atoms with Crippen LogP contribution in [-0.4, -0.2) is 40.6 Å². The molecule has 1 heterocycles. The van der Waals surface area contributed by atoms with E-state index in [2.05, 4.69) is 5.32 Å². The molecule has 3 aliphatic rings. The summed E-state index contributed by atoms with van der Waals surface area (Å²) in [7, 11) is 0. The quantitative estimate of drug-likeness (QED) is 0.822. The fourth-order valence-corrected chi connectivity index (χ4v) is 4.47. The second-order valence-corrected chi connectivity index (χ2v) is 6.94. The highest BCUT2D eigenvalue weighted by atomic mass is 16.4. The topological polar surface area (TPSA) is 69.6 Å². The van der Waals surface area contributed by atoms with Gasteiger partial charge in [-0.15, -0.1) is 0 Å². The number of amides is 2. The van der Waals surface area contributed by atoms with Crippen molar-refractivity contribution in [2.45, 2.75) is 69.9 Å². The Morgan fingerprint density at radius 2 is 1.76 bits per heavy atom. The van der Waals surface area contributed by atoms with Gasteiger partial charge in [-0.1, -0.05) is 12.8 Å². The van der Waals surface area contributed by atoms with Gasteiger partial charge in [-0.05, 0) is 50.9 Å². The first-order valence-corrected chi connectivity index (χ1v) is 8.45. The number of urea groups is 1. The SMILES string of the molecule is O=C(O)C1CCC(NC(=O)N2CCCC3CCCCC32)C1. The van der Waals surface area contributed by atoms with Crippen molar-refractivity contribution >= 4 is 12.0 Å². The van der Waals surface area contributed by atoms with Crippen LogP contribution in [0.3, 0.4) is 0 Å². The molecule has 2 aliphatic carbocycles. The second-order valence-electron chi connectivity index (χ2n) is 6.94. The van der Waals surface area contributed by atoms with Gasteiger partial charge in [0.25, 0.3) is 0 Å². The predicted molar refractivity (Wildman–Crippen MR) is 79.0 cm³/mol. The summed E-state index contributed by atoms with van der Waals surface area (Å²) >= 11 is 0. The number of rotatable bonds is 2. The van der Waals surface area contributed by atoms with Gasteiger partial charge in [0.05, 0.1) is 5.92 Å². The number of piperidine rings is 1. The van der Waals surface area contributed by atoms with Crippen LogP contribution in [0.5, 0.6) is 0 Å². The lowest BCUT2D eigenvalue weighted by molar-refractivity contribution is -0.141. The van der Waals surface area contributed by atoms with Gasteiger partial charge in [-0.25, -0.2) is 4.79 Å². The van der Waals surface area contributed by atoms with Gasteiger partial charge in [0.1, 0.15) is 0 Å². The number of hydrogen-bond donors (Lipinski definition) is 2. The second kappa shape index (κ2) is 6.24. The highest BCUT2D eigenvalue weighted by Crippen LogP contribution is 2.35. The van der Waals surface area contributed by atoms with Gasteiger partial charge in [-0.2, -0.15) is 0 Å². The molecule has 2 N–H and O–H groups in total. The molecule has 0 aromatic rings. The zero-order chi connectivity index (χ0) is 14.8. The Bertz CT molecular complexity index is 410. The summed E-state index contributed by atoms with van der Waals surface area (Å²) in [4.78, 5) is 25.6. The largest absolute Gasteiger partial charge is 0.481 e. The number of carbonyl (C=O) groups excluding carboxylic acids is 1. The van der Waals surface area contributed by atoms with Crippen molar-refractivity contribution in [3.05, 3.63) is 0 Å². The van der Waals surface area contributed by atoms with E-state index in [1.54, 1.807) is 0 Å². The number of likely N-dealkylation sites (tertiary alicyclic amines) is 1. The Hall–Kier alpha value is -1.26. The number of nitrogens with one attached hydrogen (secondary N) is 1. The number of carboxylic acid groups (broad SMARTS) is 1. The first-order chi connectivity index (χ1) is 10.1. The van der Waals surface area contributed by atoms with E-state index in [0.717, 1.165) is 25.8 Å². The Morgan fingerprint density at radius 1 is 1.00 bits per heavy atom. The number of carbonyl (C=O) groups is 2. The fourth-order valence-electron chi connectivity index (χ4n) is 4.47. The minimum absolute atomic E-state index is 0.0440. The van der Waals surface area contributed by atoms with Crippen LogP contribution in [-0.2, 0) is 4.79 Å². The van der Waals surface area contributed by atoms with Gasteiger partial charge in [0.2, 0.25) is 0 Å². The number of hydrogen-bond acceptors (Lipinski definition) is 2. The third-order valence-corrected chi connectivity index (χ3v) is 5.61. The maximum absolute atomic E-state index is 12.6. The smallest absolute Gasteiger partial charge is 0.317 e. The number of fused-ring (bicyclic) bond motifs is 1. The van der Waals surface area contributed by atoms with E-state index in [1.807, 2.05) is 4.90 Å². The lowest BCUT2D eigenvalue weighted by atomic mass is 9.78. The summed E-state index contributed by atoms with van der Waals surface area (Å²) in [6.45, 7) is 0.863. The molecule has 4 unspecified atom stereocenters. The van der Waals surface area contributed by atoms with E-state index in [0.29, 0.717) is 24.8 Å². The minimum atomic E-state index is -0.725. The number of carboxylic acids is 1. The molecule has 118 valence electrons. The molecule has 3 fully saturated rings. The molecule has 2 saturated carbocycles. The summed E-state index contributed by atoms with van der Waals surface area (Å²) in [5.74, 6) is -0.315. The normalized spacial score (nSPS) is 36.1. The molecular weight excluding hydrogens is 268 g/mol. The highest BCUT2D eigenvalue weighted by molar-refractivity contribution is 5.75. The van der Waals surface area contributed by atoms with Crippen molar-refractivity contribution in [2.24, 2.45) is 11.8 Å². The Kier molecular flexibility index (Phi) is 4.36. The molecule has 0 radical (unpaired) electrons. The lowest BCUT2D eigenvalue weighted by Gasteiger charge is -2.44. The van der Waals surface area contributed by atoms with Crippen molar-refractivity contribution in [1.82, 2.24) is 10.2 Å². The molecule has 21 heavy (non-hydrogen) atoms. The van der Waals surface area contributed by atoms with E-state index in [4.69, 9.17) is 5.11 Å². The average Bonchev–Trinajstić information content (AvgIpc) is 2.95. The van der Waals surface area contributed by atoms with E-state index in [-0.39, 0.29) is 18.0 Å². The zero-order valence-corrected chi connectivity index (χ0v) is 12.6. The van der Waals surface area contributed by atoms with Crippen molar-refractivity contribution < 1.29 is 14.7 Å². The van der Waals surface area contributed by atoms with E-state index >= 15 is 0 Å². The molecule has 2 amide bonds. The molecule has 0 aromatic heterocycles. The first kappa shape index (κ1) is 14.7. The summed E-state index contributed by atoms with van der Waals surface area (Å²) in [5, 5.41) is 12.1. The molecule has 3 rings (SSSR count). The van der Waals surface area contributed by atoms with Crippen LogP contribution < -0.4 is 5.32 Å². The van der Waals surface area contributed by atoms with Crippen LogP contribution in [0.1, 0.15) is 57.8 Å². The zero-order valence-electron chi connectivity index (χ0n) is 12.6. The predicted octanol–water partition coefficient (Wildman–Crippen LogP) is 2.60. The summed E-state index contributed by atoms with van der Waals surface area (Å²) in [6.07, 6.45) is 9.38. The average molecular weight is 294 g/mol. The monoisotopic (exact) mass is 294 g/mol. The molecule has 0 aromatic carbocycles. The van der Waals surface area contributed by atoms with Crippen molar-refractivity contribution in [3.63, 3.8) is 0 Å². The van der Waals surface area contributed by atoms with Crippen LogP contribution in [0.4, 0.5) is 4.79 Å². The highest BCUT2D eigenvalue weighted by Gasteiger charge is 2.37. The van der Waals surface area contributed by atoms with Gasteiger partial charge in [-0.3, -0.25) is 4.79 Å². The van der Waals surface area contributed by atoms with Crippen molar-refractivity contribution in [3.8, 4) is 0 Å². The maximum Gasteiger partial charge on any atom is 0.317 e. The summed E-state index contributed by atoms with van der Waals surface area (Å²) in [5.41, 5.74) is 0.